The molecule has 5 heteroatoms. The number of ketones is 1. The number of hydrogen-bond donors (Lipinski definition) is 0. The topological polar surface area (TPSA) is 34.9 Å². The summed E-state index contributed by atoms with van der Waals surface area (Å²) in [6.45, 7) is 2.93. The van der Waals surface area contributed by atoms with Crippen LogP contribution >= 0.6 is 27.3 Å². The van der Waals surface area contributed by atoms with E-state index in [1.165, 1.54) is 11.3 Å². The highest BCUT2D eigenvalue weighted by atomic mass is 79.9. The minimum atomic E-state index is 0.0318. The van der Waals surface area contributed by atoms with Gasteiger partial charge in [-0.1, -0.05) is 6.92 Å². The van der Waals surface area contributed by atoms with Crippen LogP contribution in [0.4, 0.5) is 0 Å². The van der Waals surface area contributed by atoms with E-state index in [9.17, 15) is 4.79 Å². The highest BCUT2D eigenvalue weighted by molar-refractivity contribution is 9.11. The lowest BCUT2D eigenvalue weighted by Crippen LogP contribution is -1.99. The zero-order chi connectivity index (χ0) is 11.5. The number of rotatable bonds is 4. The maximum atomic E-state index is 12.0. The van der Waals surface area contributed by atoms with Gasteiger partial charge >= 0.3 is 0 Å². The lowest BCUT2D eigenvalue weighted by molar-refractivity contribution is 0.103. The van der Waals surface area contributed by atoms with Crippen molar-refractivity contribution in [2.75, 3.05) is 0 Å². The lowest BCUT2D eigenvalue weighted by atomic mass is 10.1. The Labute approximate surface area is 106 Å². The molecule has 16 heavy (non-hydrogen) atoms. The number of carbonyl (C=O) groups excluding carboxylic acids is 1. The van der Waals surface area contributed by atoms with Gasteiger partial charge in [0.25, 0.3) is 0 Å². The largest absolute Gasteiger partial charge is 0.288 e. The van der Waals surface area contributed by atoms with Crippen LogP contribution in [0.3, 0.4) is 0 Å². The zero-order valence-corrected chi connectivity index (χ0v) is 11.2. The van der Waals surface area contributed by atoms with Crippen LogP contribution in [0.2, 0.25) is 0 Å². The first-order valence-corrected chi connectivity index (χ1v) is 6.69. The van der Waals surface area contributed by atoms with Crippen molar-refractivity contribution in [1.82, 2.24) is 9.78 Å². The number of aryl methyl sites for hydroxylation is 1. The Morgan fingerprint density at radius 1 is 1.56 bits per heavy atom. The molecular formula is C11H11BrN2OS. The Morgan fingerprint density at radius 3 is 3.00 bits per heavy atom. The molecule has 2 aromatic heterocycles. The van der Waals surface area contributed by atoms with Crippen molar-refractivity contribution in [3.8, 4) is 0 Å². The fourth-order valence-corrected chi connectivity index (χ4v) is 2.56. The predicted octanol–water partition coefficient (Wildman–Crippen LogP) is 3.35. The van der Waals surface area contributed by atoms with Crippen molar-refractivity contribution in [3.63, 3.8) is 0 Å². The van der Waals surface area contributed by atoms with Crippen LogP contribution in [0.25, 0.3) is 0 Å². The molecule has 2 rings (SSSR count). The van der Waals surface area contributed by atoms with Crippen molar-refractivity contribution >= 4 is 33.0 Å². The Morgan fingerprint density at radius 2 is 2.38 bits per heavy atom. The van der Waals surface area contributed by atoms with Crippen LogP contribution in [0.5, 0.6) is 0 Å². The summed E-state index contributed by atoms with van der Waals surface area (Å²) in [6.07, 6.45) is 4.44. The first-order chi connectivity index (χ1) is 7.70. The van der Waals surface area contributed by atoms with E-state index in [-0.39, 0.29) is 5.78 Å². The van der Waals surface area contributed by atoms with E-state index in [1.807, 2.05) is 11.4 Å². The van der Waals surface area contributed by atoms with Gasteiger partial charge in [-0.25, -0.2) is 0 Å². The normalized spacial score (nSPS) is 10.6. The van der Waals surface area contributed by atoms with Crippen LogP contribution < -0.4 is 0 Å². The summed E-state index contributed by atoms with van der Waals surface area (Å²) >= 11 is 4.86. The van der Waals surface area contributed by atoms with Gasteiger partial charge in [-0.15, -0.1) is 11.3 Å². The third-order valence-corrected chi connectivity index (χ3v) is 3.68. The molecule has 0 N–H and O–H groups in total. The molecule has 2 heterocycles. The van der Waals surface area contributed by atoms with Gasteiger partial charge in [-0.05, 0) is 28.4 Å². The summed E-state index contributed by atoms with van der Waals surface area (Å²) in [5.74, 6) is 0.0318. The fraction of sp³-hybridized carbons (Fsp3) is 0.273. The summed E-state index contributed by atoms with van der Waals surface area (Å²) in [5.41, 5.74) is 1.37. The molecule has 0 saturated heterocycles. The molecule has 0 aliphatic carbocycles. The number of thiophene rings is 1. The Bertz CT molecular complexity index is 504. The van der Waals surface area contributed by atoms with E-state index in [4.69, 9.17) is 0 Å². The van der Waals surface area contributed by atoms with Gasteiger partial charge in [0, 0.05) is 23.7 Å². The van der Waals surface area contributed by atoms with Gasteiger partial charge < -0.3 is 0 Å². The summed E-state index contributed by atoms with van der Waals surface area (Å²) in [5, 5.41) is 6.00. The average Bonchev–Trinajstić information content (AvgIpc) is 2.87. The molecule has 0 aliphatic heterocycles. The summed E-state index contributed by atoms with van der Waals surface area (Å²) in [7, 11) is 0. The molecule has 84 valence electrons. The third-order valence-electron chi connectivity index (χ3n) is 2.18. The van der Waals surface area contributed by atoms with Crippen molar-refractivity contribution in [2.24, 2.45) is 0 Å². The Hall–Kier alpha value is -0.940. The summed E-state index contributed by atoms with van der Waals surface area (Å²) in [6, 6.07) is 1.84. The second kappa shape index (κ2) is 4.93. The van der Waals surface area contributed by atoms with E-state index in [0.717, 1.165) is 16.8 Å². The molecule has 2 aromatic rings. The SMILES string of the molecule is CCCn1cc(C(=O)c2csc(Br)c2)cn1. The van der Waals surface area contributed by atoms with Crippen molar-refractivity contribution in [2.45, 2.75) is 19.9 Å². The first-order valence-electron chi connectivity index (χ1n) is 5.02. The van der Waals surface area contributed by atoms with Gasteiger partial charge in [0.05, 0.1) is 15.5 Å². The molecule has 0 aromatic carbocycles. The Kier molecular flexibility index (Phi) is 3.56. The van der Waals surface area contributed by atoms with Crippen molar-refractivity contribution in [3.05, 3.63) is 38.8 Å². The minimum Gasteiger partial charge on any atom is -0.288 e. The van der Waals surface area contributed by atoms with E-state index < -0.39 is 0 Å². The molecular weight excluding hydrogens is 288 g/mol. The molecule has 0 fully saturated rings. The smallest absolute Gasteiger partial charge is 0.197 e. The maximum Gasteiger partial charge on any atom is 0.197 e. The molecule has 0 aliphatic rings. The minimum absolute atomic E-state index is 0.0318. The standard InChI is InChI=1S/C11H11BrN2OS/c1-2-3-14-6-9(5-13-14)11(15)8-4-10(12)16-7-8/h4-7H,2-3H2,1H3. The van der Waals surface area contributed by atoms with E-state index in [2.05, 4.69) is 28.0 Å². The predicted molar refractivity (Wildman–Crippen MR) is 68.0 cm³/mol. The van der Waals surface area contributed by atoms with Crippen LogP contribution in [0, 0.1) is 0 Å². The van der Waals surface area contributed by atoms with Crippen LogP contribution in [0.1, 0.15) is 29.3 Å². The molecule has 0 spiro atoms. The second-order valence-corrected chi connectivity index (χ2v) is 5.75. The molecule has 0 saturated carbocycles. The van der Waals surface area contributed by atoms with Gasteiger partial charge in [0.1, 0.15) is 0 Å². The summed E-state index contributed by atoms with van der Waals surface area (Å²) < 4.78 is 2.77. The molecule has 3 nitrogen and oxygen atoms in total. The van der Waals surface area contributed by atoms with Crippen LogP contribution in [0.15, 0.2) is 27.6 Å². The fourth-order valence-electron chi connectivity index (χ4n) is 1.43. The number of nitrogens with zero attached hydrogens (tertiary/aromatic N) is 2. The Balaban J connectivity index is 2.20. The molecule has 0 unspecified atom stereocenters. The van der Waals surface area contributed by atoms with Gasteiger partial charge in [-0.2, -0.15) is 5.10 Å². The monoisotopic (exact) mass is 298 g/mol. The average molecular weight is 299 g/mol. The van der Waals surface area contributed by atoms with Gasteiger partial charge in [0.15, 0.2) is 5.78 Å². The van der Waals surface area contributed by atoms with Crippen molar-refractivity contribution < 1.29 is 4.79 Å². The van der Waals surface area contributed by atoms with Gasteiger partial charge in [-0.3, -0.25) is 9.48 Å². The lowest BCUT2D eigenvalue weighted by Gasteiger charge is -1.95. The first kappa shape index (κ1) is 11.5. The molecule has 0 radical (unpaired) electrons. The highest BCUT2D eigenvalue weighted by Crippen LogP contribution is 2.22. The number of hydrogen-bond acceptors (Lipinski definition) is 3. The van der Waals surface area contributed by atoms with Gasteiger partial charge in [0.2, 0.25) is 0 Å². The van der Waals surface area contributed by atoms with Crippen molar-refractivity contribution in [1.29, 1.82) is 0 Å². The zero-order valence-electron chi connectivity index (χ0n) is 8.81. The van der Waals surface area contributed by atoms with Crippen LogP contribution in [-0.2, 0) is 6.54 Å². The summed E-state index contributed by atoms with van der Waals surface area (Å²) in [4.78, 5) is 12.0. The number of halogens is 1. The molecule has 0 bridgehead atoms. The van der Waals surface area contributed by atoms with E-state index >= 15 is 0 Å². The van der Waals surface area contributed by atoms with Crippen LogP contribution in [-0.4, -0.2) is 15.6 Å². The van der Waals surface area contributed by atoms with E-state index in [0.29, 0.717) is 11.1 Å². The maximum absolute atomic E-state index is 12.0. The molecule has 0 amide bonds. The number of carbonyl (C=O) groups is 1. The number of aromatic nitrogens is 2. The second-order valence-electron chi connectivity index (χ2n) is 3.46. The highest BCUT2D eigenvalue weighted by Gasteiger charge is 2.12. The van der Waals surface area contributed by atoms with E-state index in [1.54, 1.807) is 17.1 Å². The molecule has 0 atom stereocenters. The quantitative estimate of drug-likeness (QED) is 0.812. The third kappa shape index (κ3) is 2.41.